The standard InChI is InChI=1S/C11H23N3O/c1-3-7-13-10(15)14-8-5-6-11(12,4-2)9-14/h3-9,12H2,1-2H3,(H,13,15). The van der Waals surface area contributed by atoms with Crippen molar-refractivity contribution in [1.82, 2.24) is 10.2 Å². The van der Waals surface area contributed by atoms with Gasteiger partial charge in [-0.3, -0.25) is 0 Å². The van der Waals surface area contributed by atoms with E-state index >= 15 is 0 Å². The molecule has 0 bridgehead atoms. The summed E-state index contributed by atoms with van der Waals surface area (Å²) in [5.41, 5.74) is 6.03. The van der Waals surface area contributed by atoms with Gasteiger partial charge < -0.3 is 16.0 Å². The van der Waals surface area contributed by atoms with E-state index < -0.39 is 0 Å². The third-order valence-corrected chi connectivity index (χ3v) is 3.13. The Morgan fingerprint density at radius 2 is 2.27 bits per heavy atom. The quantitative estimate of drug-likeness (QED) is 0.742. The molecule has 1 aliphatic rings. The molecule has 0 aromatic rings. The predicted octanol–water partition coefficient (Wildman–Crippen LogP) is 1.31. The average Bonchev–Trinajstić information content (AvgIpc) is 2.26. The van der Waals surface area contributed by atoms with Crippen molar-refractivity contribution in [2.45, 2.75) is 45.1 Å². The molecule has 0 saturated carbocycles. The van der Waals surface area contributed by atoms with Crippen LogP contribution >= 0.6 is 0 Å². The first-order valence-corrected chi connectivity index (χ1v) is 5.93. The third-order valence-electron chi connectivity index (χ3n) is 3.13. The molecule has 1 atom stereocenters. The highest BCUT2D eigenvalue weighted by Gasteiger charge is 2.31. The van der Waals surface area contributed by atoms with Gasteiger partial charge in [0.1, 0.15) is 0 Å². The smallest absolute Gasteiger partial charge is 0.317 e. The van der Waals surface area contributed by atoms with E-state index in [4.69, 9.17) is 5.73 Å². The summed E-state index contributed by atoms with van der Waals surface area (Å²) in [6.07, 6.45) is 3.95. The van der Waals surface area contributed by atoms with Crippen molar-refractivity contribution in [3.8, 4) is 0 Å². The minimum absolute atomic E-state index is 0.0415. The summed E-state index contributed by atoms with van der Waals surface area (Å²) in [4.78, 5) is 13.6. The molecule has 0 radical (unpaired) electrons. The second-order valence-corrected chi connectivity index (χ2v) is 4.47. The Hall–Kier alpha value is -0.770. The zero-order valence-electron chi connectivity index (χ0n) is 9.88. The van der Waals surface area contributed by atoms with Crippen molar-refractivity contribution in [2.24, 2.45) is 5.73 Å². The van der Waals surface area contributed by atoms with Crippen molar-refractivity contribution in [1.29, 1.82) is 0 Å². The van der Waals surface area contributed by atoms with Crippen LogP contribution in [0.15, 0.2) is 0 Å². The lowest BCUT2D eigenvalue weighted by Crippen LogP contribution is -2.57. The van der Waals surface area contributed by atoms with Gasteiger partial charge in [-0.15, -0.1) is 0 Å². The summed E-state index contributed by atoms with van der Waals surface area (Å²) >= 11 is 0. The number of likely N-dealkylation sites (tertiary alicyclic amines) is 1. The molecule has 3 N–H and O–H groups in total. The van der Waals surface area contributed by atoms with Gasteiger partial charge in [-0.05, 0) is 25.7 Å². The monoisotopic (exact) mass is 213 g/mol. The van der Waals surface area contributed by atoms with Crippen LogP contribution in [0.25, 0.3) is 0 Å². The average molecular weight is 213 g/mol. The summed E-state index contributed by atoms with van der Waals surface area (Å²) in [5, 5.41) is 2.90. The fourth-order valence-electron chi connectivity index (χ4n) is 1.97. The predicted molar refractivity (Wildman–Crippen MR) is 61.7 cm³/mol. The lowest BCUT2D eigenvalue weighted by Gasteiger charge is -2.39. The Morgan fingerprint density at radius 1 is 1.53 bits per heavy atom. The van der Waals surface area contributed by atoms with Crippen molar-refractivity contribution in [2.75, 3.05) is 19.6 Å². The molecule has 1 rings (SSSR count). The number of amides is 2. The van der Waals surface area contributed by atoms with Gasteiger partial charge in [0.2, 0.25) is 0 Å². The van der Waals surface area contributed by atoms with Gasteiger partial charge in [0, 0.05) is 25.2 Å². The van der Waals surface area contributed by atoms with Crippen LogP contribution in [0.4, 0.5) is 4.79 Å². The molecule has 0 aromatic carbocycles. The Bertz CT molecular complexity index is 220. The van der Waals surface area contributed by atoms with Crippen molar-refractivity contribution in [3.63, 3.8) is 0 Å². The van der Waals surface area contributed by atoms with Crippen molar-refractivity contribution < 1.29 is 4.79 Å². The molecule has 0 aliphatic carbocycles. The number of nitrogens with zero attached hydrogens (tertiary/aromatic N) is 1. The van der Waals surface area contributed by atoms with Crippen LogP contribution in [0.2, 0.25) is 0 Å². The molecule has 1 aliphatic heterocycles. The summed E-state index contributed by atoms with van der Waals surface area (Å²) in [6.45, 7) is 6.43. The number of nitrogens with one attached hydrogen (secondary N) is 1. The first-order valence-electron chi connectivity index (χ1n) is 5.93. The zero-order chi connectivity index (χ0) is 11.3. The van der Waals surface area contributed by atoms with Crippen LogP contribution in [0.5, 0.6) is 0 Å². The van der Waals surface area contributed by atoms with E-state index in [2.05, 4.69) is 19.2 Å². The largest absolute Gasteiger partial charge is 0.338 e. The normalized spacial score (nSPS) is 26.5. The van der Waals surface area contributed by atoms with Crippen LogP contribution in [0.3, 0.4) is 0 Å². The van der Waals surface area contributed by atoms with Gasteiger partial charge in [-0.25, -0.2) is 4.79 Å². The minimum Gasteiger partial charge on any atom is -0.338 e. The van der Waals surface area contributed by atoms with Crippen LogP contribution in [-0.2, 0) is 0 Å². The molecular formula is C11H23N3O. The summed E-state index contributed by atoms with van der Waals surface area (Å²) < 4.78 is 0. The number of hydrogen-bond donors (Lipinski definition) is 2. The maximum Gasteiger partial charge on any atom is 0.317 e. The van der Waals surface area contributed by atoms with E-state index in [1.807, 2.05) is 4.90 Å². The van der Waals surface area contributed by atoms with Crippen LogP contribution < -0.4 is 11.1 Å². The van der Waals surface area contributed by atoms with Crippen molar-refractivity contribution >= 4 is 6.03 Å². The number of nitrogens with two attached hydrogens (primary N) is 1. The second-order valence-electron chi connectivity index (χ2n) is 4.47. The van der Waals surface area contributed by atoms with Crippen molar-refractivity contribution in [3.05, 3.63) is 0 Å². The van der Waals surface area contributed by atoms with Gasteiger partial charge in [0.15, 0.2) is 0 Å². The van der Waals surface area contributed by atoms with Gasteiger partial charge in [0.05, 0.1) is 0 Å². The summed E-state index contributed by atoms with van der Waals surface area (Å²) in [7, 11) is 0. The number of carbonyl (C=O) groups is 1. The fourth-order valence-corrected chi connectivity index (χ4v) is 1.97. The highest BCUT2D eigenvalue weighted by atomic mass is 16.2. The first-order chi connectivity index (χ1) is 7.11. The molecule has 0 aromatic heterocycles. The molecule has 1 saturated heterocycles. The molecule has 2 amide bonds. The Kier molecular flexibility index (Phi) is 4.39. The fraction of sp³-hybridized carbons (Fsp3) is 0.909. The van der Waals surface area contributed by atoms with E-state index in [9.17, 15) is 4.79 Å². The summed E-state index contributed by atoms with van der Waals surface area (Å²) in [6, 6.07) is 0.0415. The molecule has 0 spiro atoms. The lowest BCUT2D eigenvalue weighted by atomic mass is 9.88. The first kappa shape index (κ1) is 12.3. The van der Waals surface area contributed by atoms with E-state index in [-0.39, 0.29) is 11.6 Å². The second kappa shape index (κ2) is 5.35. The molecular weight excluding hydrogens is 190 g/mol. The highest BCUT2D eigenvalue weighted by molar-refractivity contribution is 5.74. The highest BCUT2D eigenvalue weighted by Crippen LogP contribution is 2.21. The van der Waals surface area contributed by atoms with Gasteiger partial charge in [-0.2, -0.15) is 0 Å². The molecule has 88 valence electrons. The van der Waals surface area contributed by atoms with Gasteiger partial charge in [-0.1, -0.05) is 13.8 Å². The number of piperidine rings is 1. The molecule has 1 fully saturated rings. The maximum atomic E-state index is 11.7. The Labute approximate surface area is 92.2 Å². The molecule has 15 heavy (non-hydrogen) atoms. The number of rotatable bonds is 3. The topological polar surface area (TPSA) is 58.4 Å². The molecule has 4 nitrogen and oxygen atoms in total. The SMILES string of the molecule is CCCNC(=O)N1CCCC(N)(CC)C1. The molecule has 4 heteroatoms. The number of urea groups is 1. The zero-order valence-corrected chi connectivity index (χ0v) is 9.88. The summed E-state index contributed by atoms with van der Waals surface area (Å²) in [5.74, 6) is 0. The number of carbonyl (C=O) groups excluding carboxylic acids is 1. The number of hydrogen-bond acceptors (Lipinski definition) is 2. The minimum atomic E-state index is -0.165. The third kappa shape index (κ3) is 3.38. The van der Waals surface area contributed by atoms with E-state index in [0.29, 0.717) is 6.54 Å². The lowest BCUT2D eigenvalue weighted by molar-refractivity contribution is 0.149. The molecule has 1 unspecified atom stereocenters. The van der Waals surface area contributed by atoms with E-state index in [1.54, 1.807) is 0 Å². The van der Waals surface area contributed by atoms with E-state index in [1.165, 1.54) is 0 Å². The van der Waals surface area contributed by atoms with E-state index in [0.717, 1.165) is 38.8 Å². The van der Waals surface area contributed by atoms with Crippen LogP contribution in [0, 0.1) is 0 Å². The Morgan fingerprint density at radius 3 is 2.87 bits per heavy atom. The van der Waals surface area contributed by atoms with Crippen LogP contribution in [-0.4, -0.2) is 36.1 Å². The van der Waals surface area contributed by atoms with Crippen LogP contribution in [0.1, 0.15) is 39.5 Å². The van der Waals surface area contributed by atoms with Gasteiger partial charge >= 0.3 is 6.03 Å². The molecule has 1 heterocycles. The van der Waals surface area contributed by atoms with Gasteiger partial charge in [0.25, 0.3) is 0 Å². The Balaban J connectivity index is 2.45. The maximum absolute atomic E-state index is 11.7.